The summed E-state index contributed by atoms with van der Waals surface area (Å²) in [7, 11) is 1.72. The average molecular weight is 256 g/mol. The van der Waals surface area contributed by atoms with Crippen LogP contribution < -0.4 is 5.73 Å². The SMILES string of the molecule is Cc1[nH]ncc1CN(C)C(=O)CSCC(N)=O. The highest BCUT2D eigenvalue weighted by atomic mass is 32.2. The molecule has 94 valence electrons. The van der Waals surface area contributed by atoms with Crippen molar-refractivity contribution in [2.24, 2.45) is 5.73 Å². The lowest BCUT2D eigenvalue weighted by atomic mass is 10.2. The largest absolute Gasteiger partial charge is 0.369 e. The molecule has 0 unspecified atom stereocenters. The molecule has 0 spiro atoms. The first kappa shape index (κ1) is 13.6. The van der Waals surface area contributed by atoms with Gasteiger partial charge in [-0.1, -0.05) is 0 Å². The number of aromatic nitrogens is 2. The van der Waals surface area contributed by atoms with Crippen LogP contribution in [0.1, 0.15) is 11.3 Å². The van der Waals surface area contributed by atoms with Crippen LogP contribution in [0.4, 0.5) is 0 Å². The Morgan fingerprint density at radius 1 is 1.53 bits per heavy atom. The van der Waals surface area contributed by atoms with Crippen LogP contribution in [0.2, 0.25) is 0 Å². The van der Waals surface area contributed by atoms with Crippen molar-refractivity contribution in [2.75, 3.05) is 18.6 Å². The third-order valence-electron chi connectivity index (χ3n) is 2.24. The van der Waals surface area contributed by atoms with Crippen molar-refractivity contribution in [2.45, 2.75) is 13.5 Å². The minimum Gasteiger partial charge on any atom is -0.369 e. The van der Waals surface area contributed by atoms with Crippen LogP contribution in [0, 0.1) is 6.92 Å². The number of nitrogens with zero attached hydrogens (tertiary/aromatic N) is 2. The molecule has 0 aliphatic heterocycles. The Balaban J connectivity index is 2.37. The summed E-state index contributed by atoms with van der Waals surface area (Å²) < 4.78 is 0. The van der Waals surface area contributed by atoms with Gasteiger partial charge in [-0.15, -0.1) is 11.8 Å². The Morgan fingerprint density at radius 2 is 2.24 bits per heavy atom. The molecule has 0 radical (unpaired) electrons. The third kappa shape index (κ3) is 4.48. The number of aryl methyl sites for hydroxylation is 1. The fourth-order valence-electron chi connectivity index (χ4n) is 1.23. The number of aromatic amines is 1. The third-order valence-corrected chi connectivity index (χ3v) is 3.18. The maximum absolute atomic E-state index is 11.7. The van der Waals surface area contributed by atoms with Crippen molar-refractivity contribution in [1.82, 2.24) is 15.1 Å². The fourth-order valence-corrected chi connectivity index (χ4v) is 1.93. The molecule has 0 aliphatic rings. The average Bonchev–Trinajstić information content (AvgIpc) is 2.63. The van der Waals surface area contributed by atoms with Crippen molar-refractivity contribution in [1.29, 1.82) is 0 Å². The van der Waals surface area contributed by atoms with Gasteiger partial charge in [0.2, 0.25) is 11.8 Å². The number of H-pyrrole nitrogens is 1. The Hall–Kier alpha value is -1.50. The number of carbonyl (C=O) groups excluding carboxylic acids is 2. The zero-order valence-corrected chi connectivity index (χ0v) is 10.7. The zero-order valence-electron chi connectivity index (χ0n) is 9.90. The number of carbonyl (C=O) groups is 2. The van der Waals surface area contributed by atoms with Crippen LogP contribution in [0.25, 0.3) is 0 Å². The highest BCUT2D eigenvalue weighted by molar-refractivity contribution is 8.00. The minimum absolute atomic E-state index is 0.0307. The van der Waals surface area contributed by atoms with Crippen LogP contribution in [0.5, 0.6) is 0 Å². The van der Waals surface area contributed by atoms with Crippen molar-refractivity contribution in [3.8, 4) is 0 Å². The van der Waals surface area contributed by atoms with Crippen LogP contribution in [0.15, 0.2) is 6.20 Å². The second-order valence-corrected chi connectivity index (χ2v) is 4.71. The van der Waals surface area contributed by atoms with Gasteiger partial charge in [0.25, 0.3) is 0 Å². The van der Waals surface area contributed by atoms with Crippen molar-refractivity contribution < 1.29 is 9.59 Å². The Labute approximate surface area is 104 Å². The van der Waals surface area contributed by atoms with E-state index in [1.165, 1.54) is 11.8 Å². The van der Waals surface area contributed by atoms with E-state index in [1.807, 2.05) is 6.92 Å². The minimum atomic E-state index is -0.406. The maximum Gasteiger partial charge on any atom is 0.232 e. The Morgan fingerprint density at radius 3 is 2.76 bits per heavy atom. The number of rotatable bonds is 6. The van der Waals surface area contributed by atoms with Crippen LogP contribution in [-0.2, 0) is 16.1 Å². The number of hydrogen-bond acceptors (Lipinski definition) is 4. The van der Waals surface area contributed by atoms with E-state index < -0.39 is 5.91 Å². The number of hydrogen-bond donors (Lipinski definition) is 2. The van der Waals surface area contributed by atoms with E-state index in [4.69, 9.17) is 5.73 Å². The van der Waals surface area contributed by atoms with E-state index in [0.29, 0.717) is 6.54 Å². The van der Waals surface area contributed by atoms with Gasteiger partial charge in [0.15, 0.2) is 0 Å². The lowest BCUT2D eigenvalue weighted by Crippen LogP contribution is -2.28. The quantitative estimate of drug-likeness (QED) is 0.743. The highest BCUT2D eigenvalue weighted by Crippen LogP contribution is 2.08. The molecule has 7 heteroatoms. The number of nitrogens with two attached hydrogens (primary N) is 1. The predicted molar refractivity (Wildman–Crippen MR) is 66.3 cm³/mol. The summed E-state index contributed by atoms with van der Waals surface area (Å²) in [5.74, 6) is -0.00585. The molecule has 2 amide bonds. The first-order chi connectivity index (χ1) is 8.00. The number of thioether (sulfide) groups is 1. The van der Waals surface area contributed by atoms with Gasteiger partial charge in [-0.2, -0.15) is 5.10 Å². The second kappa shape index (κ2) is 6.29. The molecule has 0 fully saturated rings. The van der Waals surface area contributed by atoms with Crippen LogP contribution >= 0.6 is 11.8 Å². The number of nitrogens with one attached hydrogen (secondary N) is 1. The Bertz CT molecular complexity index is 405. The van der Waals surface area contributed by atoms with E-state index in [9.17, 15) is 9.59 Å². The van der Waals surface area contributed by atoms with Gasteiger partial charge in [0.1, 0.15) is 0 Å². The van der Waals surface area contributed by atoms with E-state index in [0.717, 1.165) is 11.3 Å². The molecule has 1 aromatic rings. The molecule has 0 bridgehead atoms. The van der Waals surface area contributed by atoms with E-state index >= 15 is 0 Å². The van der Waals surface area contributed by atoms with Gasteiger partial charge in [0, 0.05) is 24.8 Å². The van der Waals surface area contributed by atoms with Gasteiger partial charge in [-0.05, 0) is 6.92 Å². The second-order valence-electron chi connectivity index (χ2n) is 3.73. The molecule has 1 heterocycles. The molecule has 0 saturated carbocycles. The first-order valence-electron chi connectivity index (χ1n) is 5.09. The zero-order chi connectivity index (χ0) is 12.8. The summed E-state index contributed by atoms with van der Waals surface area (Å²) in [6.45, 7) is 2.42. The van der Waals surface area contributed by atoms with E-state index in [2.05, 4.69) is 10.2 Å². The van der Waals surface area contributed by atoms with E-state index in [1.54, 1.807) is 18.1 Å². The molecule has 0 atom stereocenters. The van der Waals surface area contributed by atoms with Crippen LogP contribution in [-0.4, -0.2) is 45.5 Å². The summed E-state index contributed by atoms with van der Waals surface area (Å²) in [5, 5.41) is 6.71. The van der Waals surface area contributed by atoms with Gasteiger partial charge < -0.3 is 10.6 Å². The van der Waals surface area contributed by atoms with Crippen molar-refractivity contribution in [3.05, 3.63) is 17.5 Å². The van der Waals surface area contributed by atoms with Crippen molar-refractivity contribution in [3.63, 3.8) is 0 Å². The molecule has 1 rings (SSSR count). The van der Waals surface area contributed by atoms with Gasteiger partial charge >= 0.3 is 0 Å². The molecule has 1 aromatic heterocycles. The molecule has 0 aromatic carbocycles. The van der Waals surface area contributed by atoms with Gasteiger partial charge in [0.05, 0.1) is 17.7 Å². The molecule has 0 aliphatic carbocycles. The summed E-state index contributed by atoms with van der Waals surface area (Å²) >= 11 is 1.23. The van der Waals surface area contributed by atoms with E-state index in [-0.39, 0.29) is 17.4 Å². The molecule has 17 heavy (non-hydrogen) atoms. The summed E-state index contributed by atoms with van der Waals surface area (Å²) in [6.07, 6.45) is 1.70. The summed E-state index contributed by atoms with van der Waals surface area (Å²) in [4.78, 5) is 23.8. The lowest BCUT2D eigenvalue weighted by molar-refractivity contribution is -0.127. The molecule has 0 saturated heterocycles. The molecular formula is C10H16N4O2S. The normalized spacial score (nSPS) is 10.2. The first-order valence-corrected chi connectivity index (χ1v) is 6.25. The standard InChI is InChI=1S/C10H16N4O2S/c1-7-8(3-12-13-7)4-14(2)10(16)6-17-5-9(11)15/h3H,4-6H2,1-2H3,(H2,11,15)(H,12,13). The van der Waals surface area contributed by atoms with Crippen LogP contribution in [0.3, 0.4) is 0 Å². The lowest BCUT2D eigenvalue weighted by Gasteiger charge is -2.16. The molecule has 3 N–H and O–H groups in total. The number of amides is 2. The smallest absolute Gasteiger partial charge is 0.232 e. The monoisotopic (exact) mass is 256 g/mol. The summed E-state index contributed by atoms with van der Waals surface area (Å²) in [5.41, 5.74) is 6.93. The maximum atomic E-state index is 11.7. The topological polar surface area (TPSA) is 92.1 Å². The van der Waals surface area contributed by atoms with Crippen molar-refractivity contribution >= 4 is 23.6 Å². The highest BCUT2D eigenvalue weighted by Gasteiger charge is 2.11. The summed E-state index contributed by atoms with van der Waals surface area (Å²) in [6, 6.07) is 0. The Kier molecular flexibility index (Phi) is 5.02. The number of primary amides is 1. The predicted octanol–water partition coefficient (Wildman–Crippen LogP) is -0.105. The molecule has 6 nitrogen and oxygen atoms in total. The molecular weight excluding hydrogens is 240 g/mol. The van der Waals surface area contributed by atoms with Gasteiger partial charge in [-0.3, -0.25) is 14.7 Å². The van der Waals surface area contributed by atoms with Gasteiger partial charge in [-0.25, -0.2) is 0 Å². The fraction of sp³-hybridized carbons (Fsp3) is 0.500.